The van der Waals surface area contributed by atoms with Gasteiger partial charge < -0.3 is 13.7 Å². The summed E-state index contributed by atoms with van der Waals surface area (Å²) in [5, 5.41) is 0. The summed E-state index contributed by atoms with van der Waals surface area (Å²) < 4.78 is 94.5. The Morgan fingerprint density at radius 3 is 0.735 bits per heavy atom. The molecule has 0 aliphatic heterocycles. The molecule has 0 amide bonds. The molecule has 3 aromatic rings. The van der Waals surface area contributed by atoms with Crippen molar-refractivity contribution in [1.82, 2.24) is 0 Å². The molecule has 0 saturated carbocycles. The van der Waals surface area contributed by atoms with E-state index in [4.69, 9.17) is 0 Å². The van der Waals surface area contributed by atoms with E-state index >= 15 is 0 Å². The Balaban J connectivity index is 0.000000473. The smallest absolute Gasteiger partial charge is 0.744 e. The van der Waals surface area contributed by atoms with Crippen LogP contribution in [0.25, 0.3) is 0 Å². The van der Waals surface area contributed by atoms with E-state index < -0.39 is 30.4 Å². The Bertz CT molecular complexity index is 1240. The number of hydrogen-bond acceptors (Lipinski definition) is 9. The second kappa shape index (κ2) is 13.4. The summed E-state index contributed by atoms with van der Waals surface area (Å²) in [4.78, 5) is -0.417. The molecule has 0 aliphatic rings. The quantitative estimate of drug-likeness (QED) is 0.395. The van der Waals surface area contributed by atoms with Crippen molar-refractivity contribution in [2.75, 3.05) is 0 Å². The molecule has 0 N–H and O–H groups in total. The fourth-order valence-electron chi connectivity index (χ4n) is 2.51. The van der Waals surface area contributed by atoms with Crippen LogP contribution in [0.3, 0.4) is 0 Å². The second-order valence-electron chi connectivity index (χ2n) is 6.66. The van der Waals surface area contributed by atoms with E-state index in [1.165, 1.54) is 36.4 Å². The normalized spacial score (nSPS) is 11.1. The van der Waals surface area contributed by atoms with Crippen molar-refractivity contribution in [1.29, 1.82) is 0 Å². The molecule has 9 nitrogen and oxygen atoms in total. The predicted molar refractivity (Wildman–Crippen MR) is 123 cm³/mol. The number of hydrogen-bond donors (Lipinski definition) is 0. The van der Waals surface area contributed by atoms with E-state index in [9.17, 15) is 38.9 Å². The van der Waals surface area contributed by atoms with Crippen molar-refractivity contribution in [2.45, 2.75) is 35.5 Å². The van der Waals surface area contributed by atoms with Crippen LogP contribution in [0.2, 0.25) is 0 Å². The van der Waals surface area contributed by atoms with Gasteiger partial charge in [0.25, 0.3) is 0 Å². The van der Waals surface area contributed by atoms with Crippen molar-refractivity contribution in [3.8, 4) is 0 Å². The molecule has 0 heterocycles. The summed E-state index contributed by atoms with van der Waals surface area (Å²) in [6.07, 6.45) is 0. The van der Waals surface area contributed by atoms with Gasteiger partial charge in [0.2, 0.25) is 0 Å². The third-order valence-corrected chi connectivity index (χ3v) is 7.08. The third kappa shape index (κ3) is 10.7. The average Bonchev–Trinajstić information content (AvgIpc) is 2.67. The molecule has 0 saturated heterocycles. The van der Waals surface area contributed by atoms with Crippen molar-refractivity contribution in [2.24, 2.45) is 0 Å². The second-order valence-corrected chi connectivity index (χ2v) is 10.7. The fourth-order valence-corrected chi connectivity index (χ4v) is 4.63. The van der Waals surface area contributed by atoms with Crippen LogP contribution in [0.1, 0.15) is 16.7 Å². The molecule has 0 aliphatic carbocycles. The maximum atomic E-state index is 10.5. The van der Waals surface area contributed by atoms with E-state index in [0.717, 1.165) is 0 Å². The van der Waals surface area contributed by atoms with Crippen molar-refractivity contribution in [3.63, 3.8) is 0 Å². The monoisotopic (exact) mass is 628 g/mol. The topological polar surface area (TPSA) is 172 Å². The summed E-state index contributed by atoms with van der Waals surface area (Å²) in [5.74, 6) is 0. The maximum Gasteiger partial charge on any atom is 3.00 e. The Morgan fingerprint density at radius 2 is 0.618 bits per heavy atom. The van der Waals surface area contributed by atoms with Crippen LogP contribution in [0.5, 0.6) is 0 Å². The molecule has 13 heteroatoms. The molecule has 0 spiro atoms. The van der Waals surface area contributed by atoms with Gasteiger partial charge >= 0.3 is 25.8 Å². The van der Waals surface area contributed by atoms with Gasteiger partial charge in [-0.05, 0) is 55.7 Å². The zero-order valence-electron chi connectivity index (χ0n) is 18.4. The van der Waals surface area contributed by atoms with Gasteiger partial charge in [0, 0.05) is 0 Å². The SMILES string of the molecule is Cc1ccccc1S(=O)(=O)[O-].Cc1ccccc1S(=O)(=O)[O-].Cc1ccccc1S(=O)(=O)[O-].[In+3]. The number of aryl methyl sites for hydroxylation is 3. The molecular formula is C21H21InO9S3. The molecule has 3 aromatic carbocycles. The standard InChI is InChI=1S/3C7H8O3S.In/c3*1-6-4-2-3-5-7(6)11(8,9)10;/h3*2-5H,1H3,(H,8,9,10);/q;;;+3/p-3. The van der Waals surface area contributed by atoms with Crippen LogP contribution in [0, 0.1) is 20.8 Å². The summed E-state index contributed by atoms with van der Waals surface area (Å²) in [5.41, 5.74) is 1.47. The first kappa shape index (κ1) is 32.3. The van der Waals surface area contributed by atoms with Crippen LogP contribution in [-0.2, 0) is 30.4 Å². The molecule has 0 unspecified atom stereocenters. The van der Waals surface area contributed by atoms with Crippen molar-refractivity contribution >= 4 is 56.2 Å². The van der Waals surface area contributed by atoms with Crippen LogP contribution >= 0.6 is 0 Å². The molecular weight excluding hydrogens is 607 g/mol. The first-order valence-corrected chi connectivity index (χ1v) is 13.3. The van der Waals surface area contributed by atoms with E-state index in [-0.39, 0.29) is 40.5 Å². The largest absolute Gasteiger partial charge is 3.00 e. The van der Waals surface area contributed by atoms with Gasteiger partial charge in [0.1, 0.15) is 30.4 Å². The summed E-state index contributed by atoms with van der Waals surface area (Å²) in [6, 6.07) is 18.3. The van der Waals surface area contributed by atoms with Crippen molar-refractivity contribution in [3.05, 3.63) is 89.5 Å². The van der Waals surface area contributed by atoms with Crippen molar-refractivity contribution < 1.29 is 38.9 Å². The fraction of sp³-hybridized carbons (Fsp3) is 0.143. The molecule has 0 atom stereocenters. The average molecular weight is 628 g/mol. The van der Waals surface area contributed by atoms with Gasteiger partial charge in [-0.2, -0.15) is 0 Å². The Morgan fingerprint density at radius 1 is 0.441 bits per heavy atom. The van der Waals surface area contributed by atoms with E-state index in [1.54, 1.807) is 57.2 Å². The molecule has 0 bridgehead atoms. The van der Waals surface area contributed by atoms with E-state index in [1.807, 2.05) is 0 Å². The van der Waals surface area contributed by atoms with Gasteiger partial charge in [-0.1, -0.05) is 54.6 Å². The van der Waals surface area contributed by atoms with Gasteiger partial charge in [-0.15, -0.1) is 0 Å². The Hall–Kier alpha value is -1.74. The molecule has 34 heavy (non-hydrogen) atoms. The van der Waals surface area contributed by atoms with Gasteiger partial charge in [0.15, 0.2) is 0 Å². The molecule has 180 valence electrons. The minimum atomic E-state index is -4.28. The van der Waals surface area contributed by atoms with Crippen LogP contribution in [0.15, 0.2) is 87.5 Å². The van der Waals surface area contributed by atoms with Gasteiger partial charge in [-0.3, -0.25) is 0 Å². The van der Waals surface area contributed by atoms with Crippen LogP contribution < -0.4 is 0 Å². The predicted octanol–water partition coefficient (Wildman–Crippen LogP) is 2.32. The third-order valence-electron chi connectivity index (χ3n) is 4.09. The zero-order chi connectivity index (χ0) is 25.4. The zero-order valence-corrected chi connectivity index (χ0v) is 24.1. The Kier molecular flexibility index (Phi) is 12.7. The summed E-state index contributed by atoms with van der Waals surface area (Å²) >= 11 is 0. The first-order valence-electron chi connectivity index (χ1n) is 9.09. The maximum absolute atomic E-state index is 10.5. The van der Waals surface area contributed by atoms with Gasteiger partial charge in [0.05, 0.1) is 14.7 Å². The van der Waals surface area contributed by atoms with Crippen LogP contribution in [-0.4, -0.2) is 64.8 Å². The summed E-state index contributed by atoms with van der Waals surface area (Å²) in [7, 11) is -12.9. The molecule has 0 aromatic heterocycles. The molecule has 3 rings (SSSR count). The minimum Gasteiger partial charge on any atom is -0.744 e. The molecule has 0 radical (unpaired) electrons. The Labute approximate surface area is 218 Å². The van der Waals surface area contributed by atoms with Crippen LogP contribution in [0.4, 0.5) is 0 Å². The van der Waals surface area contributed by atoms with E-state index in [2.05, 4.69) is 0 Å². The summed E-state index contributed by atoms with van der Waals surface area (Å²) in [6.45, 7) is 4.76. The molecule has 0 fully saturated rings. The first-order chi connectivity index (χ1) is 15.0. The number of benzene rings is 3. The van der Waals surface area contributed by atoms with E-state index in [0.29, 0.717) is 16.7 Å². The van der Waals surface area contributed by atoms with Gasteiger partial charge in [-0.25, -0.2) is 25.3 Å². The minimum absolute atomic E-state index is 0. The number of rotatable bonds is 3.